The van der Waals surface area contributed by atoms with Crippen LogP contribution in [0, 0.1) is 11.8 Å². The molecule has 2 nitrogen and oxygen atoms in total. The van der Waals surface area contributed by atoms with Crippen LogP contribution in [-0.4, -0.2) is 36.2 Å². The Balaban J connectivity index is 1.69. The van der Waals surface area contributed by atoms with Gasteiger partial charge in [-0.2, -0.15) is 0 Å². The van der Waals surface area contributed by atoms with Crippen molar-refractivity contribution in [3.8, 4) is 0 Å². The minimum absolute atomic E-state index is 0.134. The number of hydrogen-bond acceptors (Lipinski definition) is 2. The Morgan fingerprint density at radius 2 is 1.60 bits per heavy atom. The molecule has 0 spiro atoms. The zero-order chi connectivity index (χ0) is 14.0. The third-order valence-electron chi connectivity index (χ3n) is 4.82. The lowest BCUT2D eigenvalue weighted by atomic mass is 9.82. The maximum absolute atomic E-state index is 9.96. The van der Waals surface area contributed by atoms with Crippen LogP contribution in [0.5, 0.6) is 0 Å². The molecule has 1 unspecified atom stereocenters. The molecule has 0 radical (unpaired) electrons. The smallest absolute Gasteiger partial charge is 0.0537 e. The predicted octanol–water partition coefficient (Wildman–Crippen LogP) is 3.06. The first-order valence-electron chi connectivity index (χ1n) is 8.08. The van der Waals surface area contributed by atoms with Crippen LogP contribution < -0.4 is 0 Å². The standard InChI is InChI=1S/C18H27NO/c1-18(14-20,17-5-3-2-4-6-17)13-19(11-15-7-8-15)12-16-9-10-16/h2-6,15-16,20H,7-14H2,1H3. The fourth-order valence-corrected chi connectivity index (χ4v) is 3.10. The van der Waals surface area contributed by atoms with E-state index in [0.29, 0.717) is 0 Å². The van der Waals surface area contributed by atoms with Gasteiger partial charge in [0.15, 0.2) is 0 Å². The Kier molecular flexibility index (Phi) is 4.13. The molecule has 2 saturated carbocycles. The van der Waals surface area contributed by atoms with Gasteiger partial charge in [0.05, 0.1) is 6.61 Å². The van der Waals surface area contributed by atoms with E-state index < -0.39 is 0 Å². The van der Waals surface area contributed by atoms with Crippen LogP contribution in [0.1, 0.15) is 38.2 Å². The molecule has 1 atom stereocenters. The number of hydrogen-bond donors (Lipinski definition) is 1. The van der Waals surface area contributed by atoms with Gasteiger partial charge in [-0.05, 0) is 43.1 Å². The molecule has 0 aromatic heterocycles. The molecule has 2 fully saturated rings. The summed E-state index contributed by atoms with van der Waals surface area (Å²) in [6.45, 7) is 5.89. The molecule has 1 aromatic carbocycles. The highest BCUT2D eigenvalue weighted by atomic mass is 16.3. The minimum atomic E-state index is -0.134. The van der Waals surface area contributed by atoms with Gasteiger partial charge in [0, 0.05) is 25.0 Å². The van der Waals surface area contributed by atoms with E-state index >= 15 is 0 Å². The quantitative estimate of drug-likeness (QED) is 0.787. The Morgan fingerprint density at radius 3 is 2.05 bits per heavy atom. The second kappa shape index (κ2) is 5.87. The van der Waals surface area contributed by atoms with Crippen LogP contribution in [0.3, 0.4) is 0 Å². The Morgan fingerprint density at radius 1 is 1.05 bits per heavy atom. The van der Waals surface area contributed by atoms with Crippen molar-refractivity contribution in [1.82, 2.24) is 4.90 Å². The zero-order valence-electron chi connectivity index (χ0n) is 12.6. The lowest BCUT2D eigenvalue weighted by Gasteiger charge is -2.35. The number of aliphatic hydroxyl groups excluding tert-OH is 1. The van der Waals surface area contributed by atoms with Crippen molar-refractivity contribution >= 4 is 0 Å². The molecule has 2 aliphatic rings. The molecule has 1 aromatic rings. The van der Waals surface area contributed by atoms with Gasteiger partial charge in [-0.1, -0.05) is 37.3 Å². The van der Waals surface area contributed by atoms with Crippen molar-refractivity contribution in [2.45, 2.75) is 38.0 Å². The molecule has 0 heterocycles. The average molecular weight is 273 g/mol. The van der Waals surface area contributed by atoms with Gasteiger partial charge in [-0.3, -0.25) is 0 Å². The molecule has 0 bridgehead atoms. The second-order valence-corrected chi connectivity index (χ2v) is 7.17. The first-order valence-corrected chi connectivity index (χ1v) is 8.08. The van der Waals surface area contributed by atoms with E-state index in [0.717, 1.165) is 18.4 Å². The SMILES string of the molecule is CC(CO)(CN(CC1CC1)CC1CC1)c1ccccc1. The van der Waals surface area contributed by atoms with Crippen LogP contribution in [0.4, 0.5) is 0 Å². The lowest BCUT2D eigenvalue weighted by Crippen LogP contribution is -2.43. The third-order valence-corrected chi connectivity index (χ3v) is 4.82. The predicted molar refractivity (Wildman–Crippen MR) is 82.8 cm³/mol. The number of benzene rings is 1. The highest BCUT2D eigenvalue weighted by Gasteiger charge is 2.34. The summed E-state index contributed by atoms with van der Waals surface area (Å²) < 4.78 is 0. The largest absolute Gasteiger partial charge is 0.395 e. The first kappa shape index (κ1) is 14.1. The molecule has 20 heavy (non-hydrogen) atoms. The Hall–Kier alpha value is -0.860. The Bertz CT molecular complexity index is 410. The summed E-state index contributed by atoms with van der Waals surface area (Å²) in [6.07, 6.45) is 5.62. The van der Waals surface area contributed by atoms with E-state index in [2.05, 4.69) is 36.1 Å². The van der Waals surface area contributed by atoms with Crippen molar-refractivity contribution in [3.63, 3.8) is 0 Å². The van der Waals surface area contributed by atoms with Crippen LogP contribution in [-0.2, 0) is 5.41 Å². The first-order chi connectivity index (χ1) is 9.69. The molecule has 2 heteroatoms. The molecular weight excluding hydrogens is 246 g/mol. The highest BCUT2D eigenvalue weighted by molar-refractivity contribution is 5.25. The maximum Gasteiger partial charge on any atom is 0.0537 e. The lowest BCUT2D eigenvalue weighted by molar-refractivity contribution is 0.137. The third kappa shape index (κ3) is 3.62. The summed E-state index contributed by atoms with van der Waals surface area (Å²) in [5.41, 5.74) is 1.13. The number of aliphatic hydroxyl groups is 1. The van der Waals surface area contributed by atoms with E-state index in [1.54, 1.807) is 0 Å². The van der Waals surface area contributed by atoms with Crippen LogP contribution in [0.15, 0.2) is 30.3 Å². The van der Waals surface area contributed by atoms with E-state index in [-0.39, 0.29) is 12.0 Å². The zero-order valence-corrected chi connectivity index (χ0v) is 12.6. The van der Waals surface area contributed by atoms with Gasteiger partial charge in [-0.25, -0.2) is 0 Å². The topological polar surface area (TPSA) is 23.5 Å². The summed E-state index contributed by atoms with van der Waals surface area (Å²) in [4.78, 5) is 2.62. The van der Waals surface area contributed by atoms with Crippen LogP contribution in [0.25, 0.3) is 0 Å². The van der Waals surface area contributed by atoms with Crippen molar-refractivity contribution in [3.05, 3.63) is 35.9 Å². The summed E-state index contributed by atoms with van der Waals surface area (Å²) in [5.74, 6) is 1.85. The van der Waals surface area contributed by atoms with Crippen LogP contribution >= 0.6 is 0 Å². The summed E-state index contributed by atoms with van der Waals surface area (Å²) >= 11 is 0. The average Bonchev–Trinajstić information content (AvgIpc) is 3.36. The van der Waals surface area contributed by atoms with Crippen molar-refractivity contribution in [2.75, 3.05) is 26.2 Å². The summed E-state index contributed by atoms with van der Waals surface area (Å²) in [7, 11) is 0. The van der Waals surface area contributed by atoms with E-state index in [1.165, 1.54) is 44.3 Å². The van der Waals surface area contributed by atoms with Crippen molar-refractivity contribution < 1.29 is 5.11 Å². The normalized spacial score (nSPS) is 21.9. The summed E-state index contributed by atoms with van der Waals surface area (Å²) in [5, 5.41) is 9.96. The summed E-state index contributed by atoms with van der Waals surface area (Å²) in [6, 6.07) is 10.5. The van der Waals surface area contributed by atoms with Crippen molar-refractivity contribution in [1.29, 1.82) is 0 Å². The van der Waals surface area contributed by atoms with E-state index in [1.807, 2.05) is 6.07 Å². The Labute approximate surface area is 122 Å². The molecule has 0 aliphatic heterocycles. The molecule has 0 saturated heterocycles. The van der Waals surface area contributed by atoms with Gasteiger partial charge in [-0.15, -0.1) is 0 Å². The molecule has 2 aliphatic carbocycles. The van der Waals surface area contributed by atoms with Crippen molar-refractivity contribution in [2.24, 2.45) is 11.8 Å². The maximum atomic E-state index is 9.96. The van der Waals surface area contributed by atoms with Gasteiger partial charge in [0.2, 0.25) is 0 Å². The van der Waals surface area contributed by atoms with E-state index in [4.69, 9.17) is 0 Å². The second-order valence-electron chi connectivity index (χ2n) is 7.17. The van der Waals surface area contributed by atoms with Crippen LogP contribution in [0.2, 0.25) is 0 Å². The monoisotopic (exact) mass is 273 g/mol. The van der Waals surface area contributed by atoms with Gasteiger partial charge < -0.3 is 10.0 Å². The molecule has 110 valence electrons. The number of nitrogens with zero attached hydrogens (tertiary/aromatic N) is 1. The fourth-order valence-electron chi connectivity index (χ4n) is 3.10. The highest BCUT2D eigenvalue weighted by Crippen LogP contribution is 2.35. The van der Waals surface area contributed by atoms with Gasteiger partial charge >= 0.3 is 0 Å². The van der Waals surface area contributed by atoms with E-state index in [9.17, 15) is 5.11 Å². The fraction of sp³-hybridized carbons (Fsp3) is 0.667. The molecule has 3 rings (SSSR count). The van der Waals surface area contributed by atoms with Gasteiger partial charge in [0.25, 0.3) is 0 Å². The number of rotatable bonds is 8. The van der Waals surface area contributed by atoms with Gasteiger partial charge in [0.1, 0.15) is 0 Å². The molecular formula is C18H27NO. The molecule has 1 N–H and O–H groups in total. The minimum Gasteiger partial charge on any atom is -0.395 e. The molecule has 0 amide bonds.